The van der Waals surface area contributed by atoms with Gasteiger partial charge in [-0.3, -0.25) is 9.78 Å². The summed E-state index contributed by atoms with van der Waals surface area (Å²) in [7, 11) is 0. The summed E-state index contributed by atoms with van der Waals surface area (Å²) in [4.78, 5) is 14.7. The molecule has 0 atom stereocenters. The number of hydrogen-bond acceptors (Lipinski definition) is 3. The molecule has 3 rings (SSSR count). The van der Waals surface area contributed by atoms with Crippen molar-refractivity contribution in [1.29, 1.82) is 0 Å². The van der Waals surface area contributed by atoms with E-state index in [0.717, 1.165) is 22.3 Å². The van der Waals surface area contributed by atoms with Crippen molar-refractivity contribution in [2.45, 2.75) is 6.42 Å². The molecular weight excluding hydrogens is 242 g/mol. The molecule has 0 saturated carbocycles. The number of rotatable bonds is 3. The molecule has 0 unspecified atom stereocenters. The largest absolute Gasteiger partial charge is 0.481 e. The van der Waals surface area contributed by atoms with Crippen LogP contribution in [0.3, 0.4) is 0 Å². The van der Waals surface area contributed by atoms with Crippen molar-refractivity contribution in [3.63, 3.8) is 0 Å². The molecule has 1 aromatic carbocycles. The van der Waals surface area contributed by atoms with E-state index in [2.05, 4.69) is 4.98 Å². The second-order valence-electron chi connectivity index (χ2n) is 4.25. The Hall–Kier alpha value is -2.62. The zero-order chi connectivity index (χ0) is 13.2. The van der Waals surface area contributed by atoms with E-state index in [-0.39, 0.29) is 6.42 Å². The Balaban J connectivity index is 2.03. The lowest BCUT2D eigenvalue weighted by molar-refractivity contribution is -0.136. The van der Waals surface area contributed by atoms with Gasteiger partial charge in [0.15, 0.2) is 0 Å². The van der Waals surface area contributed by atoms with Gasteiger partial charge in [0.1, 0.15) is 11.3 Å². The number of aromatic nitrogens is 1. The van der Waals surface area contributed by atoms with Crippen molar-refractivity contribution < 1.29 is 14.3 Å². The van der Waals surface area contributed by atoms with E-state index in [1.807, 2.05) is 36.4 Å². The molecule has 19 heavy (non-hydrogen) atoms. The summed E-state index contributed by atoms with van der Waals surface area (Å²) in [5, 5.41) is 9.80. The molecule has 2 heterocycles. The van der Waals surface area contributed by atoms with Crippen LogP contribution in [0.5, 0.6) is 0 Å². The molecule has 0 aliphatic rings. The van der Waals surface area contributed by atoms with Crippen LogP contribution in [-0.2, 0) is 11.2 Å². The van der Waals surface area contributed by atoms with Crippen molar-refractivity contribution in [1.82, 2.24) is 4.98 Å². The van der Waals surface area contributed by atoms with Gasteiger partial charge in [0, 0.05) is 17.1 Å². The quantitative estimate of drug-likeness (QED) is 0.778. The Morgan fingerprint density at radius 1 is 1.21 bits per heavy atom. The number of pyridine rings is 1. The van der Waals surface area contributed by atoms with Crippen LogP contribution in [0.25, 0.3) is 22.3 Å². The van der Waals surface area contributed by atoms with Gasteiger partial charge in [-0.2, -0.15) is 0 Å². The van der Waals surface area contributed by atoms with E-state index in [1.165, 1.54) is 0 Å². The fraction of sp³-hybridized carbons (Fsp3) is 0.0667. The zero-order valence-corrected chi connectivity index (χ0v) is 10.0. The summed E-state index contributed by atoms with van der Waals surface area (Å²) in [6.07, 6.45) is 1.51. The highest BCUT2D eigenvalue weighted by atomic mass is 16.4. The standard InChI is InChI=1S/C15H11NO3/c17-15(18)9-12-7-11(5-6-16-12)14-8-10-3-1-2-4-13(10)19-14/h1-8H,9H2,(H,17,18). The van der Waals surface area contributed by atoms with Crippen molar-refractivity contribution >= 4 is 16.9 Å². The summed E-state index contributed by atoms with van der Waals surface area (Å²) >= 11 is 0. The van der Waals surface area contributed by atoms with E-state index in [9.17, 15) is 4.79 Å². The third-order valence-electron chi connectivity index (χ3n) is 2.86. The van der Waals surface area contributed by atoms with Crippen LogP contribution in [0.15, 0.2) is 53.1 Å². The average molecular weight is 253 g/mol. The Labute approximate surface area is 109 Å². The van der Waals surface area contributed by atoms with E-state index < -0.39 is 5.97 Å². The molecule has 4 nitrogen and oxygen atoms in total. The normalized spacial score (nSPS) is 10.7. The van der Waals surface area contributed by atoms with Gasteiger partial charge in [-0.1, -0.05) is 18.2 Å². The van der Waals surface area contributed by atoms with Gasteiger partial charge in [0.05, 0.1) is 12.1 Å². The number of carboxylic acid groups (broad SMARTS) is 1. The number of carbonyl (C=O) groups is 1. The minimum Gasteiger partial charge on any atom is -0.481 e. The molecule has 0 spiro atoms. The molecule has 94 valence electrons. The first kappa shape index (κ1) is 11.5. The van der Waals surface area contributed by atoms with Crippen LogP contribution in [0.1, 0.15) is 5.69 Å². The predicted molar refractivity (Wildman–Crippen MR) is 70.8 cm³/mol. The van der Waals surface area contributed by atoms with E-state index >= 15 is 0 Å². The molecule has 2 aromatic heterocycles. The lowest BCUT2D eigenvalue weighted by Gasteiger charge is -1.99. The van der Waals surface area contributed by atoms with Crippen molar-refractivity contribution in [2.75, 3.05) is 0 Å². The third kappa shape index (κ3) is 2.33. The number of para-hydroxylation sites is 1. The van der Waals surface area contributed by atoms with Crippen molar-refractivity contribution in [3.8, 4) is 11.3 Å². The van der Waals surface area contributed by atoms with E-state index in [4.69, 9.17) is 9.52 Å². The lowest BCUT2D eigenvalue weighted by Crippen LogP contribution is -2.01. The van der Waals surface area contributed by atoms with Gasteiger partial charge in [0.25, 0.3) is 0 Å². The second-order valence-corrected chi connectivity index (χ2v) is 4.25. The molecule has 0 fully saturated rings. The highest BCUT2D eigenvalue weighted by molar-refractivity contribution is 5.82. The maximum absolute atomic E-state index is 10.7. The second kappa shape index (κ2) is 4.57. The zero-order valence-electron chi connectivity index (χ0n) is 10.0. The highest BCUT2D eigenvalue weighted by Crippen LogP contribution is 2.27. The number of carboxylic acids is 1. The van der Waals surface area contributed by atoms with Crippen LogP contribution in [0, 0.1) is 0 Å². The first-order valence-corrected chi connectivity index (χ1v) is 5.88. The van der Waals surface area contributed by atoms with Gasteiger partial charge in [-0.15, -0.1) is 0 Å². The summed E-state index contributed by atoms with van der Waals surface area (Å²) in [5.74, 6) is -0.176. The van der Waals surface area contributed by atoms with E-state index in [0.29, 0.717) is 5.69 Å². The minimum absolute atomic E-state index is 0.0892. The molecular formula is C15H11NO3. The Kier molecular flexibility index (Phi) is 2.76. The number of nitrogens with zero attached hydrogens (tertiary/aromatic N) is 1. The monoisotopic (exact) mass is 253 g/mol. The predicted octanol–water partition coefficient (Wildman–Crippen LogP) is 3.12. The Bertz CT molecular complexity index is 713. The molecule has 0 bridgehead atoms. The maximum Gasteiger partial charge on any atom is 0.309 e. The average Bonchev–Trinajstić information content (AvgIpc) is 2.82. The van der Waals surface area contributed by atoms with Crippen LogP contribution < -0.4 is 0 Å². The molecule has 4 heteroatoms. The third-order valence-corrected chi connectivity index (χ3v) is 2.86. The topological polar surface area (TPSA) is 63.3 Å². The molecule has 0 radical (unpaired) electrons. The smallest absolute Gasteiger partial charge is 0.309 e. The summed E-state index contributed by atoms with van der Waals surface area (Å²) < 4.78 is 5.74. The van der Waals surface area contributed by atoms with Gasteiger partial charge < -0.3 is 9.52 Å². The van der Waals surface area contributed by atoms with Crippen LogP contribution in [0.2, 0.25) is 0 Å². The lowest BCUT2D eigenvalue weighted by atomic mass is 10.1. The van der Waals surface area contributed by atoms with Crippen LogP contribution in [0.4, 0.5) is 0 Å². The fourth-order valence-electron chi connectivity index (χ4n) is 2.01. The first-order valence-electron chi connectivity index (χ1n) is 5.88. The molecule has 0 saturated heterocycles. The molecule has 3 aromatic rings. The van der Waals surface area contributed by atoms with Crippen LogP contribution in [-0.4, -0.2) is 16.1 Å². The van der Waals surface area contributed by atoms with Gasteiger partial charge in [-0.25, -0.2) is 0 Å². The minimum atomic E-state index is -0.894. The van der Waals surface area contributed by atoms with E-state index in [1.54, 1.807) is 12.3 Å². The number of furan rings is 1. The first-order chi connectivity index (χ1) is 9.22. The number of hydrogen-bond donors (Lipinski definition) is 1. The maximum atomic E-state index is 10.7. The molecule has 0 aliphatic heterocycles. The summed E-state index contributed by atoms with van der Waals surface area (Å²) in [6.45, 7) is 0. The van der Waals surface area contributed by atoms with Crippen LogP contribution >= 0.6 is 0 Å². The molecule has 0 aliphatic carbocycles. The van der Waals surface area contributed by atoms with Crippen molar-refractivity contribution in [3.05, 3.63) is 54.4 Å². The SMILES string of the molecule is O=C(O)Cc1cc(-c2cc3ccccc3o2)ccn1. The molecule has 0 amide bonds. The van der Waals surface area contributed by atoms with Crippen molar-refractivity contribution in [2.24, 2.45) is 0 Å². The summed E-state index contributed by atoms with van der Waals surface area (Å²) in [5.41, 5.74) is 2.17. The highest BCUT2D eigenvalue weighted by Gasteiger charge is 2.08. The van der Waals surface area contributed by atoms with Gasteiger partial charge >= 0.3 is 5.97 Å². The number of fused-ring (bicyclic) bond motifs is 1. The van der Waals surface area contributed by atoms with Gasteiger partial charge in [0.2, 0.25) is 0 Å². The summed E-state index contributed by atoms with van der Waals surface area (Å²) in [6, 6.07) is 13.2. The Morgan fingerprint density at radius 3 is 2.84 bits per heavy atom. The number of benzene rings is 1. The Morgan fingerprint density at radius 2 is 2.05 bits per heavy atom. The number of aliphatic carboxylic acids is 1. The fourth-order valence-corrected chi connectivity index (χ4v) is 2.01. The molecule has 1 N–H and O–H groups in total. The van der Waals surface area contributed by atoms with Gasteiger partial charge in [-0.05, 0) is 24.3 Å².